The van der Waals surface area contributed by atoms with Gasteiger partial charge < -0.3 is 15.5 Å². The molecule has 1 heterocycles. The Bertz CT molecular complexity index is 559. The van der Waals surface area contributed by atoms with Crippen LogP contribution in [0, 0.1) is 10.1 Å². The van der Waals surface area contributed by atoms with Gasteiger partial charge in [0.05, 0.1) is 4.92 Å². The van der Waals surface area contributed by atoms with Crippen molar-refractivity contribution in [1.29, 1.82) is 0 Å². The van der Waals surface area contributed by atoms with Crippen LogP contribution in [-0.2, 0) is 0 Å². The molecule has 21 heavy (non-hydrogen) atoms. The number of nitrogens with two attached hydrogens (primary N) is 1. The molecule has 7 nitrogen and oxygen atoms in total. The summed E-state index contributed by atoms with van der Waals surface area (Å²) in [6, 6.07) is 4.49. The maximum Gasteiger partial charge on any atom is 0.292 e. The van der Waals surface area contributed by atoms with Gasteiger partial charge in [-0.2, -0.15) is 0 Å². The first-order valence-electron chi connectivity index (χ1n) is 6.90. The number of hydrogen-bond donors (Lipinski definition) is 1. The van der Waals surface area contributed by atoms with Crippen molar-refractivity contribution in [2.45, 2.75) is 18.9 Å². The first-order chi connectivity index (χ1) is 9.90. The number of carbonyl (C=O) groups is 1. The molecule has 1 atom stereocenters. The van der Waals surface area contributed by atoms with Gasteiger partial charge in [-0.05, 0) is 25.0 Å². The molecule has 2 rings (SSSR count). The molecule has 7 heteroatoms. The summed E-state index contributed by atoms with van der Waals surface area (Å²) in [7, 11) is 3.31. The van der Waals surface area contributed by atoms with Crippen molar-refractivity contribution in [1.82, 2.24) is 4.90 Å². The van der Waals surface area contributed by atoms with Crippen LogP contribution in [0.4, 0.5) is 11.4 Å². The summed E-state index contributed by atoms with van der Waals surface area (Å²) in [4.78, 5) is 26.2. The minimum atomic E-state index is -0.417. The van der Waals surface area contributed by atoms with Crippen molar-refractivity contribution in [3.63, 3.8) is 0 Å². The van der Waals surface area contributed by atoms with Crippen molar-refractivity contribution in [2.24, 2.45) is 5.73 Å². The summed E-state index contributed by atoms with van der Waals surface area (Å²) in [5, 5.41) is 11.2. The maximum atomic E-state index is 12.0. The Morgan fingerprint density at radius 2 is 2.19 bits per heavy atom. The van der Waals surface area contributed by atoms with Crippen molar-refractivity contribution in [2.75, 3.05) is 32.1 Å². The molecule has 0 saturated carbocycles. The fourth-order valence-corrected chi connectivity index (χ4v) is 2.55. The van der Waals surface area contributed by atoms with Gasteiger partial charge in [0.1, 0.15) is 5.69 Å². The van der Waals surface area contributed by atoms with Gasteiger partial charge in [0.15, 0.2) is 0 Å². The highest BCUT2D eigenvalue weighted by Crippen LogP contribution is 2.31. The SMILES string of the molecule is CN(C)C(=O)c1ccc([N+](=O)[O-])c(N2CCC[C@@H](N)C2)c1. The van der Waals surface area contributed by atoms with Gasteiger partial charge in [-0.25, -0.2) is 0 Å². The van der Waals surface area contributed by atoms with E-state index >= 15 is 0 Å². The lowest BCUT2D eigenvalue weighted by molar-refractivity contribution is -0.384. The molecule has 1 amide bonds. The first-order valence-corrected chi connectivity index (χ1v) is 6.90. The third-order valence-electron chi connectivity index (χ3n) is 3.62. The minimum Gasteiger partial charge on any atom is -0.364 e. The second kappa shape index (κ2) is 6.09. The van der Waals surface area contributed by atoms with E-state index in [9.17, 15) is 14.9 Å². The van der Waals surface area contributed by atoms with E-state index in [0.717, 1.165) is 12.8 Å². The molecule has 114 valence electrons. The number of benzene rings is 1. The predicted octanol–water partition coefficient (Wildman–Crippen LogP) is 1.22. The number of piperidine rings is 1. The largest absolute Gasteiger partial charge is 0.364 e. The van der Waals surface area contributed by atoms with Gasteiger partial charge in [0.2, 0.25) is 0 Å². The Hall–Kier alpha value is -2.15. The van der Waals surface area contributed by atoms with E-state index in [4.69, 9.17) is 5.73 Å². The highest BCUT2D eigenvalue weighted by molar-refractivity contribution is 5.95. The summed E-state index contributed by atoms with van der Waals surface area (Å²) >= 11 is 0. The Kier molecular flexibility index (Phi) is 4.42. The van der Waals surface area contributed by atoms with Gasteiger partial charge in [-0.3, -0.25) is 14.9 Å². The van der Waals surface area contributed by atoms with Gasteiger partial charge in [-0.1, -0.05) is 0 Å². The van der Waals surface area contributed by atoms with Crippen molar-refractivity contribution in [3.05, 3.63) is 33.9 Å². The molecule has 1 aromatic carbocycles. The summed E-state index contributed by atoms with van der Waals surface area (Å²) in [5.74, 6) is -0.174. The highest BCUT2D eigenvalue weighted by atomic mass is 16.6. The number of amides is 1. The predicted molar refractivity (Wildman–Crippen MR) is 80.5 cm³/mol. The summed E-state index contributed by atoms with van der Waals surface area (Å²) in [6.07, 6.45) is 1.81. The zero-order valence-corrected chi connectivity index (χ0v) is 12.3. The van der Waals surface area contributed by atoms with Gasteiger partial charge in [0, 0.05) is 44.9 Å². The van der Waals surface area contributed by atoms with Crippen LogP contribution in [0.15, 0.2) is 18.2 Å². The average Bonchev–Trinajstić information content (AvgIpc) is 2.45. The van der Waals surface area contributed by atoms with Gasteiger partial charge in [-0.15, -0.1) is 0 Å². The third kappa shape index (κ3) is 3.30. The summed E-state index contributed by atoms with van der Waals surface area (Å²) in [5.41, 5.74) is 6.88. The molecule has 0 unspecified atom stereocenters. The molecule has 1 aromatic rings. The zero-order valence-electron chi connectivity index (χ0n) is 12.3. The second-order valence-corrected chi connectivity index (χ2v) is 5.51. The molecular weight excluding hydrogens is 272 g/mol. The minimum absolute atomic E-state index is 0.00607. The molecule has 0 aliphatic carbocycles. The van der Waals surface area contributed by atoms with Crippen LogP contribution in [-0.4, -0.2) is 49.0 Å². The van der Waals surface area contributed by atoms with E-state index in [2.05, 4.69) is 0 Å². The van der Waals surface area contributed by atoms with Crippen LogP contribution in [0.3, 0.4) is 0 Å². The topological polar surface area (TPSA) is 92.7 Å². The quantitative estimate of drug-likeness (QED) is 0.668. The number of nitrogens with zero attached hydrogens (tertiary/aromatic N) is 3. The third-order valence-corrected chi connectivity index (χ3v) is 3.62. The molecule has 0 radical (unpaired) electrons. The van der Waals surface area contributed by atoms with E-state index < -0.39 is 4.92 Å². The monoisotopic (exact) mass is 292 g/mol. The number of rotatable bonds is 3. The first kappa shape index (κ1) is 15.2. The van der Waals surface area contributed by atoms with E-state index in [1.165, 1.54) is 17.0 Å². The Labute approximate surface area is 123 Å². The molecule has 1 aliphatic rings. The lowest BCUT2D eigenvalue weighted by atomic mass is 10.0. The lowest BCUT2D eigenvalue weighted by Gasteiger charge is -2.32. The van der Waals surface area contributed by atoms with Crippen molar-refractivity contribution in [3.8, 4) is 0 Å². The molecule has 2 N–H and O–H groups in total. The smallest absolute Gasteiger partial charge is 0.292 e. The lowest BCUT2D eigenvalue weighted by Crippen LogP contribution is -2.43. The highest BCUT2D eigenvalue weighted by Gasteiger charge is 2.25. The van der Waals surface area contributed by atoms with Gasteiger partial charge >= 0.3 is 0 Å². The van der Waals surface area contributed by atoms with Gasteiger partial charge in [0.25, 0.3) is 11.6 Å². The van der Waals surface area contributed by atoms with E-state index in [-0.39, 0.29) is 17.6 Å². The normalized spacial score (nSPS) is 18.4. The number of anilines is 1. The fourth-order valence-electron chi connectivity index (χ4n) is 2.55. The van der Waals surface area contributed by atoms with Crippen LogP contribution in [0.2, 0.25) is 0 Å². The Morgan fingerprint density at radius 1 is 1.48 bits per heavy atom. The van der Waals surface area contributed by atoms with Crippen LogP contribution in [0.5, 0.6) is 0 Å². The average molecular weight is 292 g/mol. The van der Waals surface area contributed by atoms with Crippen LogP contribution >= 0.6 is 0 Å². The number of nitro benzene ring substituents is 1. The molecule has 0 bridgehead atoms. The summed E-state index contributed by atoms with van der Waals surface area (Å²) < 4.78 is 0. The number of nitro groups is 1. The Morgan fingerprint density at radius 3 is 2.76 bits per heavy atom. The standard InChI is InChI=1S/C14H20N4O3/c1-16(2)14(19)10-5-6-12(18(20)21)13(8-10)17-7-3-4-11(15)9-17/h5-6,8,11H,3-4,7,9,15H2,1-2H3/t11-/m1/s1. The van der Waals surface area contributed by atoms with Crippen molar-refractivity contribution < 1.29 is 9.72 Å². The fraction of sp³-hybridized carbons (Fsp3) is 0.500. The Balaban J connectivity index is 2.42. The van der Waals surface area contributed by atoms with Crippen LogP contribution in [0.25, 0.3) is 0 Å². The zero-order chi connectivity index (χ0) is 15.6. The second-order valence-electron chi connectivity index (χ2n) is 5.51. The van der Waals surface area contributed by atoms with E-state index in [0.29, 0.717) is 24.3 Å². The number of hydrogen-bond acceptors (Lipinski definition) is 5. The van der Waals surface area contributed by atoms with Crippen LogP contribution in [0.1, 0.15) is 23.2 Å². The van der Waals surface area contributed by atoms with E-state index in [1.807, 2.05) is 4.90 Å². The molecule has 0 aromatic heterocycles. The van der Waals surface area contributed by atoms with E-state index in [1.54, 1.807) is 20.2 Å². The molecule has 1 fully saturated rings. The number of carbonyl (C=O) groups excluding carboxylic acids is 1. The molecular formula is C14H20N4O3. The molecule has 0 spiro atoms. The molecule has 1 aliphatic heterocycles. The molecule has 1 saturated heterocycles. The summed E-state index contributed by atoms with van der Waals surface area (Å²) in [6.45, 7) is 1.29. The van der Waals surface area contributed by atoms with Crippen LogP contribution < -0.4 is 10.6 Å². The maximum absolute atomic E-state index is 12.0. The van der Waals surface area contributed by atoms with Crippen molar-refractivity contribution >= 4 is 17.3 Å².